The maximum Gasteiger partial charge on any atom is 0.0304 e. The Morgan fingerprint density at radius 2 is 1.67 bits per heavy atom. The zero-order valence-corrected chi connectivity index (χ0v) is 10.2. The summed E-state index contributed by atoms with van der Waals surface area (Å²) in [6.07, 6.45) is 6.04. The van der Waals surface area contributed by atoms with Crippen molar-refractivity contribution < 1.29 is 0 Å². The minimum atomic E-state index is 0.760. The van der Waals surface area contributed by atoms with Crippen LogP contribution in [-0.2, 0) is 0 Å². The Morgan fingerprint density at radius 3 is 2.42 bits per heavy atom. The smallest absolute Gasteiger partial charge is 0.0304 e. The van der Waals surface area contributed by atoms with Crippen LogP contribution >= 0.6 is 31.9 Å². The van der Waals surface area contributed by atoms with E-state index in [1.165, 1.54) is 19.3 Å². The number of fused-ring (bicyclic) bond motifs is 5. The second kappa shape index (κ2) is 2.73. The van der Waals surface area contributed by atoms with Crippen molar-refractivity contribution in [2.75, 3.05) is 0 Å². The third-order valence-corrected chi connectivity index (χ3v) is 7.27. The molecule has 0 nitrogen and oxygen atoms in total. The average Bonchev–Trinajstić information content (AvgIpc) is 2.66. The summed E-state index contributed by atoms with van der Waals surface area (Å²) >= 11 is 7.66. The summed E-state index contributed by atoms with van der Waals surface area (Å²) in [6, 6.07) is 0. The van der Waals surface area contributed by atoms with Gasteiger partial charge in [0.15, 0.2) is 0 Å². The molecule has 6 atom stereocenters. The van der Waals surface area contributed by atoms with E-state index in [2.05, 4.69) is 31.9 Å². The molecule has 3 aliphatic carbocycles. The van der Waals surface area contributed by atoms with E-state index in [1.54, 1.807) is 6.42 Å². The molecule has 3 fully saturated rings. The molecular formula is C10H14Br2. The van der Waals surface area contributed by atoms with Crippen molar-refractivity contribution in [3.63, 3.8) is 0 Å². The first kappa shape index (κ1) is 8.28. The monoisotopic (exact) mass is 292 g/mol. The van der Waals surface area contributed by atoms with E-state index >= 15 is 0 Å². The van der Waals surface area contributed by atoms with Crippen LogP contribution in [0.2, 0.25) is 0 Å². The van der Waals surface area contributed by atoms with E-state index in [0.717, 1.165) is 33.3 Å². The topological polar surface area (TPSA) is 0 Å². The van der Waals surface area contributed by atoms with Crippen molar-refractivity contribution in [3.8, 4) is 0 Å². The molecule has 3 saturated carbocycles. The van der Waals surface area contributed by atoms with Gasteiger partial charge in [-0.3, -0.25) is 0 Å². The van der Waals surface area contributed by atoms with Crippen LogP contribution < -0.4 is 0 Å². The largest absolute Gasteiger partial charge is 0.0878 e. The van der Waals surface area contributed by atoms with Gasteiger partial charge in [0.25, 0.3) is 0 Å². The number of halogens is 2. The summed E-state index contributed by atoms with van der Waals surface area (Å²) in [4.78, 5) is 1.54. The van der Waals surface area contributed by atoms with Crippen LogP contribution in [0.5, 0.6) is 0 Å². The molecule has 0 saturated heterocycles. The van der Waals surface area contributed by atoms with Gasteiger partial charge in [0.05, 0.1) is 0 Å². The Bertz CT molecular complexity index is 202. The van der Waals surface area contributed by atoms with E-state index in [9.17, 15) is 0 Å². The van der Waals surface area contributed by atoms with Crippen molar-refractivity contribution in [1.82, 2.24) is 0 Å². The highest BCUT2D eigenvalue weighted by Gasteiger charge is 2.55. The lowest BCUT2D eigenvalue weighted by Gasteiger charge is -2.26. The molecule has 0 amide bonds. The van der Waals surface area contributed by atoms with E-state index in [-0.39, 0.29) is 0 Å². The molecule has 0 aliphatic heterocycles. The molecule has 2 bridgehead atoms. The van der Waals surface area contributed by atoms with Gasteiger partial charge in [0.1, 0.15) is 0 Å². The summed E-state index contributed by atoms with van der Waals surface area (Å²) in [5, 5.41) is 0. The van der Waals surface area contributed by atoms with Crippen molar-refractivity contribution in [2.45, 2.75) is 35.3 Å². The first-order valence-corrected chi connectivity index (χ1v) is 6.88. The van der Waals surface area contributed by atoms with Gasteiger partial charge in [-0.15, -0.1) is 0 Å². The molecule has 2 heteroatoms. The highest BCUT2D eigenvalue weighted by atomic mass is 79.9. The molecular weight excluding hydrogens is 280 g/mol. The Morgan fingerprint density at radius 1 is 0.917 bits per heavy atom. The predicted molar refractivity (Wildman–Crippen MR) is 57.9 cm³/mol. The maximum absolute atomic E-state index is 3.87. The van der Waals surface area contributed by atoms with Gasteiger partial charge in [-0.2, -0.15) is 0 Å². The van der Waals surface area contributed by atoms with Crippen molar-refractivity contribution in [2.24, 2.45) is 23.7 Å². The zero-order valence-electron chi connectivity index (χ0n) is 7.05. The second-order valence-electron chi connectivity index (χ2n) is 4.77. The SMILES string of the molecule is Br[C@H]1[C@@H]2[C@H]3CC[C@H](C3)[C@H]2C[C@H]1Br. The predicted octanol–water partition coefficient (Wildman–Crippen LogP) is 3.58. The fraction of sp³-hybridized carbons (Fsp3) is 1.00. The summed E-state index contributed by atoms with van der Waals surface area (Å²) in [5.41, 5.74) is 0. The summed E-state index contributed by atoms with van der Waals surface area (Å²) in [7, 11) is 0. The van der Waals surface area contributed by atoms with Crippen LogP contribution in [0, 0.1) is 23.7 Å². The fourth-order valence-electron chi connectivity index (χ4n) is 3.93. The minimum absolute atomic E-state index is 0.760. The molecule has 0 aromatic rings. The quantitative estimate of drug-likeness (QED) is 0.599. The van der Waals surface area contributed by atoms with Gasteiger partial charge >= 0.3 is 0 Å². The third-order valence-electron chi connectivity index (χ3n) is 4.37. The van der Waals surface area contributed by atoms with Crippen molar-refractivity contribution in [1.29, 1.82) is 0 Å². The van der Waals surface area contributed by atoms with Crippen LogP contribution in [0.15, 0.2) is 0 Å². The summed E-state index contributed by atoms with van der Waals surface area (Å²) < 4.78 is 0. The molecule has 68 valence electrons. The zero-order chi connectivity index (χ0) is 8.29. The lowest BCUT2D eigenvalue weighted by Crippen LogP contribution is -2.23. The molecule has 0 aromatic carbocycles. The molecule has 12 heavy (non-hydrogen) atoms. The number of hydrogen-bond donors (Lipinski definition) is 0. The van der Waals surface area contributed by atoms with E-state index < -0.39 is 0 Å². The van der Waals surface area contributed by atoms with Gasteiger partial charge < -0.3 is 0 Å². The second-order valence-corrected chi connectivity index (χ2v) is 7.00. The Balaban J connectivity index is 1.90. The van der Waals surface area contributed by atoms with Crippen LogP contribution in [0.4, 0.5) is 0 Å². The molecule has 0 N–H and O–H groups in total. The van der Waals surface area contributed by atoms with Gasteiger partial charge in [-0.05, 0) is 49.4 Å². The number of hydrogen-bond acceptors (Lipinski definition) is 0. The van der Waals surface area contributed by atoms with Gasteiger partial charge in [-0.1, -0.05) is 31.9 Å². The van der Waals surface area contributed by atoms with Crippen LogP contribution in [0.25, 0.3) is 0 Å². The first-order chi connectivity index (χ1) is 5.77. The first-order valence-electron chi connectivity index (χ1n) is 5.05. The van der Waals surface area contributed by atoms with Crippen LogP contribution in [-0.4, -0.2) is 9.65 Å². The number of rotatable bonds is 0. The lowest BCUT2D eigenvalue weighted by molar-refractivity contribution is 0.264. The summed E-state index contributed by atoms with van der Waals surface area (Å²) in [6.45, 7) is 0. The van der Waals surface area contributed by atoms with Gasteiger partial charge in [-0.25, -0.2) is 0 Å². The van der Waals surface area contributed by atoms with Crippen LogP contribution in [0.1, 0.15) is 25.7 Å². The standard InChI is InChI=1S/C10H14Br2/c11-8-4-7-5-1-2-6(3-5)9(7)10(8)12/h5-10H,1-4H2/t5-,6+,7-,8-,9-,10-/m1/s1. The Hall–Kier alpha value is 0.960. The molecule has 0 unspecified atom stereocenters. The lowest BCUT2D eigenvalue weighted by atomic mass is 9.82. The van der Waals surface area contributed by atoms with E-state index in [4.69, 9.17) is 0 Å². The highest BCUT2D eigenvalue weighted by molar-refractivity contribution is 9.12. The van der Waals surface area contributed by atoms with Crippen LogP contribution in [0.3, 0.4) is 0 Å². The fourth-order valence-corrected chi connectivity index (χ4v) is 5.76. The minimum Gasteiger partial charge on any atom is -0.0878 e. The molecule has 3 rings (SSSR count). The Labute approximate surface area is 90.7 Å². The van der Waals surface area contributed by atoms with Crippen molar-refractivity contribution >= 4 is 31.9 Å². The molecule has 0 aromatic heterocycles. The van der Waals surface area contributed by atoms with E-state index in [0.29, 0.717) is 0 Å². The maximum atomic E-state index is 3.87. The Kier molecular flexibility index (Phi) is 1.88. The third kappa shape index (κ3) is 0.943. The van der Waals surface area contributed by atoms with Gasteiger partial charge in [0.2, 0.25) is 0 Å². The highest BCUT2D eigenvalue weighted by Crippen LogP contribution is 2.61. The van der Waals surface area contributed by atoms with E-state index in [1.807, 2.05) is 0 Å². The molecule has 0 heterocycles. The summed E-state index contributed by atoms with van der Waals surface area (Å²) in [5.74, 6) is 4.26. The molecule has 3 aliphatic rings. The van der Waals surface area contributed by atoms with Gasteiger partial charge in [0, 0.05) is 9.65 Å². The molecule has 0 spiro atoms. The molecule has 0 radical (unpaired) electrons. The van der Waals surface area contributed by atoms with Crippen molar-refractivity contribution in [3.05, 3.63) is 0 Å². The average molecular weight is 294 g/mol. The number of alkyl halides is 2. The normalized spacial score (nSPS) is 62.5.